The second-order valence-corrected chi connectivity index (χ2v) is 7.97. The van der Waals surface area contributed by atoms with E-state index in [-0.39, 0.29) is 18.2 Å². The van der Waals surface area contributed by atoms with Crippen LogP contribution in [0.2, 0.25) is 0 Å². The predicted octanol–water partition coefficient (Wildman–Crippen LogP) is 1.74. The highest BCUT2D eigenvalue weighted by molar-refractivity contribution is 8.01. The van der Waals surface area contributed by atoms with E-state index in [1.807, 2.05) is 32.0 Å². The van der Waals surface area contributed by atoms with Crippen molar-refractivity contribution in [2.24, 2.45) is 5.92 Å². The molecule has 8 nitrogen and oxygen atoms in total. The van der Waals surface area contributed by atoms with E-state index in [1.165, 1.54) is 18.9 Å². The van der Waals surface area contributed by atoms with E-state index in [1.54, 1.807) is 6.07 Å². The Morgan fingerprint density at radius 1 is 1.25 bits per heavy atom. The third-order valence-corrected chi connectivity index (χ3v) is 5.23. The van der Waals surface area contributed by atoms with Gasteiger partial charge in [-0.3, -0.25) is 14.4 Å². The summed E-state index contributed by atoms with van der Waals surface area (Å²) in [5, 5.41) is 4.62. The number of carbonyl (C=O) groups excluding carboxylic acids is 4. The Hall–Kier alpha value is -2.55. The molecule has 0 saturated heterocycles. The van der Waals surface area contributed by atoms with Gasteiger partial charge in [-0.25, -0.2) is 4.79 Å². The molecule has 0 unspecified atom stereocenters. The number of ether oxygens (including phenoxy) is 2. The van der Waals surface area contributed by atoms with Crippen LogP contribution < -0.4 is 10.6 Å². The number of para-hydroxylation sites is 1. The zero-order chi connectivity index (χ0) is 20.7. The van der Waals surface area contributed by atoms with Crippen molar-refractivity contribution in [1.82, 2.24) is 5.32 Å². The Balaban J connectivity index is 1.82. The Bertz CT molecular complexity index is 752. The van der Waals surface area contributed by atoms with E-state index in [2.05, 4.69) is 15.4 Å². The number of carbonyl (C=O) groups is 4. The van der Waals surface area contributed by atoms with Crippen molar-refractivity contribution in [3.05, 3.63) is 24.3 Å². The Morgan fingerprint density at radius 3 is 2.64 bits per heavy atom. The van der Waals surface area contributed by atoms with Crippen LogP contribution >= 0.6 is 11.8 Å². The Kier molecular flexibility index (Phi) is 7.86. The molecule has 2 rings (SSSR count). The topological polar surface area (TPSA) is 111 Å². The van der Waals surface area contributed by atoms with Crippen LogP contribution in [0.3, 0.4) is 0 Å². The van der Waals surface area contributed by atoms with E-state index in [9.17, 15) is 19.2 Å². The monoisotopic (exact) mass is 408 g/mol. The first-order valence-corrected chi connectivity index (χ1v) is 9.77. The zero-order valence-electron chi connectivity index (χ0n) is 16.0. The lowest BCUT2D eigenvalue weighted by Crippen LogP contribution is -2.44. The maximum Gasteiger partial charge on any atom is 0.328 e. The van der Waals surface area contributed by atoms with Crippen LogP contribution in [0.4, 0.5) is 5.69 Å². The van der Waals surface area contributed by atoms with Gasteiger partial charge in [-0.2, -0.15) is 0 Å². The van der Waals surface area contributed by atoms with Gasteiger partial charge in [0.15, 0.2) is 6.61 Å². The number of amides is 2. The van der Waals surface area contributed by atoms with E-state index in [0.29, 0.717) is 12.1 Å². The first kappa shape index (κ1) is 21.7. The standard InChI is InChI=1S/C19H24N2O6S/c1-11(2)8-13(19(25)26-3)20-16(22)10-27-17(23)9-15-18(24)21-12-6-4-5-7-14(12)28-15/h4-7,11,13,15H,8-10H2,1-3H3,(H,20,22)(H,21,24)/t13-,15-/m0/s1. The molecule has 28 heavy (non-hydrogen) atoms. The summed E-state index contributed by atoms with van der Waals surface area (Å²) in [5.74, 6) is -1.94. The summed E-state index contributed by atoms with van der Waals surface area (Å²) in [6.45, 7) is 3.29. The van der Waals surface area contributed by atoms with Crippen molar-refractivity contribution < 1.29 is 28.7 Å². The largest absolute Gasteiger partial charge is 0.467 e. The van der Waals surface area contributed by atoms with Gasteiger partial charge in [-0.1, -0.05) is 26.0 Å². The number of esters is 2. The van der Waals surface area contributed by atoms with Gasteiger partial charge in [0.2, 0.25) is 5.91 Å². The number of nitrogens with one attached hydrogen (secondary N) is 2. The summed E-state index contributed by atoms with van der Waals surface area (Å²) >= 11 is 1.28. The normalized spacial score (nSPS) is 16.6. The first-order valence-electron chi connectivity index (χ1n) is 8.89. The average molecular weight is 408 g/mol. The maximum absolute atomic E-state index is 12.1. The average Bonchev–Trinajstić information content (AvgIpc) is 2.65. The number of hydrogen-bond donors (Lipinski definition) is 2. The molecule has 0 bridgehead atoms. The lowest BCUT2D eigenvalue weighted by Gasteiger charge is -2.23. The zero-order valence-corrected chi connectivity index (χ0v) is 16.8. The van der Waals surface area contributed by atoms with Crippen LogP contribution in [0, 0.1) is 5.92 Å². The lowest BCUT2D eigenvalue weighted by atomic mass is 10.0. The first-order chi connectivity index (χ1) is 13.3. The van der Waals surface area contributed by atoms with Gasteiger partial charge in [-0.05, 0) is 24.5 Å². The number of methoxy groups -OCH3 is 1. The van der Waals surface area contributed by atoms with Gasteiger partial charge in [0, 0.05) is 4.90 Å². The maximum atomic E-state index is 12.1. The molecule has 2 amide bonds. The minimum atomic E-state index is -0.799. The number of anilines is 1. The van der Waals surface area contributed by atoms with E-state index in [0.717, 1.165) is 4.90 Å². The highest BCUT2D eigenvalue weighted by Crippen LogP contribution is 2.36. The molecule has 1 heterocycles. The van der Waals surface area contributed by atoms with E-state index in [4.69, 9.17) is 4.74 Å². The number of fused-ring (bicyclic) bond motifs is 1. The molecule has 1 aliphatic rings. The Morgan fingerprint density at radius 2 is 1.96 bits per heavy atom. The van der Waals surface area contributed by atoms with Crippen molar-refractivity contribution in [3.63, 3.8) is 0 Å². The summed E-state index contributed by atoms with van der Waals surface area (Å²) in [6, 6.07) is 6.50. The second-order valence-electron chi connectivity index (χ2n) is 6.73. The van der Waals surface area contributed by atoms with Crippen LogP contribution in [0.25, 0.3) is 0 Å². The van der Waals surface area contributed by atoms with Gasteiger partial charge in [-0.15, -0.1) is 11.8 Å². The van der Waals surface area contributed by atoms with Gasteiger partial charge in [0.05, 0.1) is 24.5 Å². The number of rotatable bonds is 8. The van der Waals surface area contributed by atoms with Crippen molar-refractivity contribution in [2.75, 3.05) is 19.0 Å². The van der Waals surface area contributed by atoms with E-state index >= 15 is 0 Å². The fourth-order valence-electron chi connectivity index (χ4n) is 2.65. The smallest absolute Gasteiger partial charge is 0.328 e. The highest BCUT2D eigenvalue weighted by atomic mass is 32.2. The molecule has 0 aromatic heterocycles. The molecule has 0 spiro atoms. The van der Waals surface area contributed by atoms with Crippen LogP contribution in [0.5, 0.6) is 0 Å². The molecular weight excluding hydrogens is 384 g/mol. The minimum Gasteiger partial charge on any atom is -0.467 e. The molecule has 1 aromatic rings. The lowest BCUT2D eigenvalue weighted by molar-refractivity contribution is -0.150. The molecule has 1 aromatic carbocycles. The number of benzene rings is 1. The number of hydrogen-bond acceptors (Lipinski definition) is 7. The quantitative estimate of drug-likeness (QED) is 0.630. The summed E-state index contributed by atoms with van der Waals surface area (Å²) in [6.07, 6.45) is 0.245. The minimum absolute atomic E-state index is 0.162. The third-order valence-electron chi connectivity index (χ3n) is 3.95. The van der Waals surface area contributed by atoms with Gasteiger partial charge in [0.25, 0.3) is 5.91 Å². The molecule has 0 saturated carbocycles. The van der Waals surface area contributed by atoms with Gasteiger partial charge >= 0.3 is 11.9 Å². The van der Waals surface area contributed by atoms with Crippen molar-refractivity contribution in [1.29, 1.82) is 0 Å². The van der Waals surface area contributed by atoms with Gasteiger partial charge in [0.1, 0.15) is 6.04 Å². The van der Waals surface area contributed by atoms with Crippen LogP contribution in [-0.2, 0) is 28.7 Å². The summed E-state index contributed by atoms with van der Waals surface area (Å²) < 4.78 is 9.64. The molecule has 0 fully saturated rings. The highest BCUT2D eigenvalue weighted by Gasteiger charge is 2.30. The van der Waals surface area contributed by atoms with Crippen molar-refractivity contribution in [2.45, 2.75) is 42.9 Å². The summed E-state index contributed by atoms with van der Waals surface area (Å²) in [7, 11) is 1.24. The molecule has 152 valence electrons. The molecule has 2 atom stereocenters. The molecule has 1 aliphatic heterocycles. The predicted molar refractivity (Wildman–Crippen MR) is 104 cm³/mol. The van der Waals surface area contributed by atoms with E-state index < -0.39 is 35.7 Å². The molecule has 9 heteroatoms. The van der Waals surface area contributed by atoms with Crippen LogP contribution in [-0.4, -0.2) is 48.8 Å². The second kappa shape index (κ2) is 10.1. The summed E-state index contributed by atoms with van der Waals surface area (Å²) in [4.78, 5) is 48.8. The molecule has 0 radical (unpaired) electrons. The fraction of sp³-hybridized carbons (Fsp3) is 0.474. The summed E-state index contributed by atoms with van der Waals surface area (Å²) in [5.41, 5.74) is 0.709. The Labute approximate surface area is 167 Å². The molecule has 2 N–H and O–H groups in total. The van der Waals surface area contributed by atoms with Gasteiger partial charge < -0.3 is 20.1 Å². The van der Waals surface area contributed by atoms with Crippen LogP contribution in [0.1, 0.15) is 26.7 Å². The van der Waals surface area contributed by atoms with Crippen LogP contribution in [0.15, 0.2) is 29.2 Å². The van der Waals surface area contributed by atoms with Crippen molar-refractivity contribution >= 4 is 41.2 Å². The molecule has 0 aliphatic carbocycles. The number of thioether (sulfide) groups is 1. The molecular formula is C19H24N2O6S. The SMILES string of the molecule is COC(=O)[C@H](CC(C)C)NC(=O)COC(=O)C[C@@H]1Sc2ccccc2NC1=O. The fourth-order valence-corrected chi connectivity index (χ4v) is 3.74. The van der Waals surface area contributed by atoms with Crippen molar-refractivity contribution in [3.8, 4) is 0 Å². The third kappa shape index (κ3) is 6.26.